The van der Waals surface area contributed by atoms with E-state index in [1.54, 1.807) is 6.07 Å². The maximum absolute atomic E-state index is 15.2. The SMILES string of the molecule is Nc1n[nH]c2ccc([C@@H]3Nc4c(F)cc5[nH]ncc5c4[C@H]4C5CCC(C5)[C@@H]34)cc12. The van der Waals surface area contributed by atoms with Gasteiger partial charge in [-0.2, -0.15) is 10.2 Å². The molecule has 0 saturated heterocycles. The predicted molar refractivity (Wildman–Crippen MR) is 110 cm³/mol. The Kier molecular flexibility index (Phi) is 2.88. The zero-order valence-electron chi connectivity index (χ0n) is 15.7. The molecule has 2 aromatic heterocycles. The first-order chi connectivity index (χ1) is 14.2. The summed E-state index contributed by atoms with van der Waals surface area (Å²) in [5.41, 5.74) is 10.7. The number of anilines is 2. The molecule has 7 rings (SSSR count). The van der Waals surface area contributed by atoms with Crippen LogP contribution in [0.5, 0.6) is 0 Å². The van der Waals surface area contributed by atoms with Gasteiger partial charge in [0.1, 0.15) is 5.82 Å². The van der Waals surface area contributed by atoms with Crippen LogP contribution in [0.1, 0.15) is 42.3 Å². The summed E-state index contributed by atoms with van der Waals surface area (Å²) in [7, 11) is 0. The molecule has 5 atom stereocenters. The van der Waals surface area contributed by atoms with E-state index in [1.165, 1.54) is 19.3 Å². The number of fused-ring (bicyclic) bond motifs is 10. The fourth-order valence-corrected chi connectivity index (χ4v) is 6.62. The van der Waals surface area contributed by atoms with Crippen LogP contribution in [0.3, 0.4) is 0 Å². The number of nitrogens with one attached hydrogen (secondary N) is 3. The molecule has 4 aromatic rings. The van der Waals surface area contributed by atoms with Crippen LogP contribution in [0.15, 0.2) is 30.5 Å². The zero-order valence-corrected chi connectivity index (χ0v) is 15.7. The van der Waals surface area contributed by atoms with Crippen LogP contribution in [0.2, 0.25) is 0 Å². The minimum absolute atomic E-state index is 0.0698. The minimum Gasteiger partial charge on any atom is -0.382 e. The lowest BCUT2D eigenvalue weighted by molar-refractivity contribution is 0.248. The van der Waals surface area contributed by atoms with Gasteiger partial charge in [-0.05, 0) is 66.2 Å². The van der Waals surface area contributed by atoms with Crippen molar-refractivity contribution in [2.75, 3.05) is 11.1 Å². The molecule has 7 heteroatoms. The minimum atomic E-state index is -0.202. The zero-order chi connectivity index (χ0) is 19.3. The Labute approximate surface area is 166 Å². The molecule has 2 saturated carbocycles. The Morgan fingerprint density at radius 3 is 2.86 bits per heavy atom. The van der Waals surface area contributed by atoms with Crippen LogP contribution in [0.25, 0.3) is 21.8 Å². The lowest BCUT2D eigenvalue weighted by Gasteiger charge is -2.43. The van der Waals surface area contributed by atoms with Gasteiger partial charge >= 0.3 is 0 Å². The topological polar surface area (TPSA) is 95.4 Å². The fourth-order valence-electron chi connectivity index (χ4n) is 6.62. The second-order valence-electron chi connectivity index (χ2n) is 8.95. The number of hydrogen-bond acceptors (Lipinski definition) is 4. The van der Waals surface area contributed by atoms with Gasteiger partial charge in [0, 0.05) is 16.8 Å². The van der Waals surface area contributed by atoms with Crippen molar-refractivity contribution in [1.82, 2.24) is 20.4 Å². The van der Waals surface area contributed by atoms with Crippen molar-refractivity contribution >= 4 is 33.3 Å². The van der Waals surface area contributed by atoms with Gasteiger partial charge in [-0.1, -0.05) is 6.07 Å². The van der Waals surface area contributed by atoms with Gasteiger partial charge in [0.15, 0.2) is 5.82 Å². The summed E-state index contributed by atoms with van der Waals surface area (Å²) in [5.74, 6) is 2.41. The Hall–Kier alpha value is -3.09. The number of nitrogens with zero attached hydrogens (tertiary/aromatic N) is 2. The molecular formula is C22H21FN6. The molecule has 2 aromatic carbocycles. The summed E-state index contributed by atoms with van der Waals surface area (Å²) in [6.45, 7) is 0. The average molecular weight is 388 g/mol. The summed E-state index contributed by atoms with van der Waals surface area (Å²) in [5, 5.41) is 19.8. The van der Waals surface area contributed by atoms with Crippen molar-refractivity contribution in [2.24, 2.45) is 17.8 Å². The number of halogens is 1. The first kappa shape index (κ1) is 15.8. The van der Waals surface area contributed by atoms with Crippen LogP contribution in [0, 0.1) is 23.6 Å². The van der Waals surface area contributed by atoms with Crippen LogP contribution in [-0.2, 0) is 0 Å². The molecule has 2 bridgehead atoms. The summed E-state index contributed by atoms with van der Waals surface area (Å²) >= 11 is 0. The highest BCUT2D eigenvalue weighted by molar-refractivity contribution is 5.90. The third kappa shape index (κ3) is 1.95. The predicted octanol–water partition coefficient (Wildman–Crippen LogP) is 4.46. The highest BCUT2D eigenvalue weighted by Gasteiger charge is 2.54. The molecule has 0 radical (unpaired) electrons. The molecular weight excluding hydrogens is 367 g/mol. The van der Waals surface area contributed by atoms with Crippen LogP contribution >= 0.6 is 0 Å². The van der Waals surface area contributed by atoms with Gasteiger partial charge in [-0.15, -0.1) is 0 Å². The van der Waals surface area contributed by atoms with Crippen molar-refractivity contribution in [3.63, 3.8) is 0 Å². The monoisotopic (exact) mass is 388 g/mol. The molecule has 146 valence electrons. The number of aromatic amines is 2. The lowest BCUT2D eigenvalue weighted by atomic mass is 9.67. The van der Waals surface area contributed by atoms with Gasteiger partial charge in [-0.3, -0.25) is 10.2 Å². The molecule has 29 heavy (non-hydrogen) atoms. The number of nitrogen functional groups attached to an aromatic ring is 1. The van der Waals surface area contributed by atoms with Gasteiger partial charge in [-0.25, -0.2) is 4.39 Å². The Morgan fingerprint density at radius 1 is 1.03 bits per heavy atom. The molecule has 1 aliphatic heterocycles. The van der Waals surface area contributed by atoms with Gasteiger partial charge in [0.2, 0.25) is 0 Å². The van der Waals surface area contributed by atoms with E-state index < -0.39 is 0 Å². The maximum Gasteiger partial charge on any atom is 0.153 e. The third-order valence-corrected chi connectivity index (χ3v) is 7.71. The van der Waals surface area contributed by atoms with Crippen LogP contribution in [0.4, 0.5) is 15.9 Å². The first-order valence-electron chi connectivity index (χ1n) is 10.3. The fraction of sp³-hybridized carbons (Fsp3) is 0.364. The van der Waals surface area contributed by atoms with Crippen LogP contribution in [-0.4, -0.2) is 20.4 Å². The van der Waals surface area contributed by atoms with E-state index in [4.69, 9.17) is 5.73 Å². The Bertz CT molecular complexity index is 1290. The quantitative estimate of drug-likeness (QED) is 0.387. The average Bonchev–Trinajstić information content (AvgIpc) is 3.51. The molecule has 3 heterocycles. The van der Waals surface area contributed by atoms with Gasteiger partial charge < -0.3 is 11.1 Å². The van der Waals surface area contributed by atoms with Crippen molar-refractivity contribution < 1.29 is 4.39 Å². The summed E-state index contributed by atoms with van der Waals surface area (Å²) < 4.78 is 15.2. The van der Waals surface area contributed by atoms with E-state index in [0.29, 0.717) is 35.2 Å². The Morgan fingerprint density at radius 2 is 1.93 bits per heavy atom. The van der Waals surface area contributed by atoms with Crippen molar-refractivity contribution in [2.45, 2.75) is 31.2 Å². The second-order valence-corrected chi connectivity index (χ2v) is 8.95. The van der Waals surface area contributed by atoms with Crippen molar-refractivity contribution in [3.8, 4) is 0 Å². The molecule has 0 amide bonds. The van der Waals surface area contributed by atoms with E-state index in [2.05, 4.69) is 37.8 Å². The van der Waals surface area contributed by atoms with Crippen molar-refractivity contribution in [3.05, 3.63) is 47.4 Å². The molecule has 2 fully saturated rings. The highest BCUT2D eigenvalue weighted by Crippen LogP contribution is 2.64. The third-order valence-electron chi connectivity index (χ3n) is 7.71. The Balaban J connectivity index is 1.46. The molecule has 5 N–H and O–H groups in total. The summed E-state index contributed by atoms with van der Waals surface area (Å²) in [6.07, 6.45) is 5.59. The smallest absolute Gasteiger partial charge is 0.153 e. The van der Waals surface area contributed by atoms with E-state index in [1.807, 2.05) is 12.3 Å². The summed E-state index contributed by atoms with van der Waals surface area (Å²) in [4.78, 5) is 0. The number of rotatable bonds is 1. The first-order valence-corrected chi connectivity index (χ1v) is 10.3. The van der Waals surface area contributed by atoms with Gasteiger partial charge in [0.25, 0.3) is 0 Å². The van der Waals surface area contributed by atoms with Crippen molar-refractivity contribution in [1.29, 1.82) is 0 Å². The second kappa shape index (κ2) is 5.28. The highest BCUT2D eigenvalue weighted by atomic mass is 19.1. The molecule has 3 aliphatic rings. The maximum atomic E-state index is 15.2. The van der Waals surface area contributed by atoms with E-state index in [9.17, 15) is 0 Å². The molecule has 6 nitrogen and oxygen atoms in total. The number of nitrogens with two attached hydrogens (primary N) is 1. The largest absolute Gasteiger partial charge is 0.382 e. The van der Waals surface area contributed by atoms with Crippen LogP contribution < -0.4 is 11.1 Å². The number of benzene rings is 2. The lowest BCUT2D eigenvalue weighted by Crippen LogP contribution is -2.36. The van der Waals surface area contributed by atoms with E-state index in [-0.39, 0.29) is 11.9 Å². The number of H-pyrrole nitrogens is 2. The number of hydrogen-bond donors (Lipinski definition) is 4. The van der Waals surface area contributed by atoms with Gasteiger partial charge in [0.05, 0.1) is 29.0 Å². The van der Waals surface area contributed by atoms with E-state index >= 15 is 4.39 Å². The number of aromatic nitrogens is 4. The molecule has 2 unspecified atom stereocenters. The molecule has 2 aliphatic carbocycles. The standard InChI is InChI=1S/C22H21FN6/c23-14-7-16-13(8-25-27-16)19-17-9-1-2-10(5-9)18(17)20(26-21(14)19)11-3-4-15-12(6-11)22(24)29-28-15/h3-4,6-10,17-18,20,26H,1-2,5H2,(H,25,27)(H3,24,28,29)/t9?,10?,17-,18+,20-/m0/s1. The normalized spacial score (nSPS) is 29.9. The summed E-state index contributed by atoms with van der Waals surface area (Å²) in [6, 6.07) is 7.91. The molecule has 0 spiro atoms. The van der Waals surface area contributed by atoms with E-state index in [0.717, 1.165) is 32.9 Å².